The van der Waals surface area contributed by atoms with E-state index in [1.807, 2.05) is 6.08 Å². The number of hydrogen-bond acceptors (Lipinski definition) is 10. The molecule has 518 valence electrons. The van der Waals surface area contributed by atoms with E-state index in [0.29, 0.717) is 19.3 Å². The van der Waals surface area contributed by atoms with E-state index in [9.17, 15) is 35.1 Å². The fourth-order valence-electron chi connectivity index (χ4n) is 12.3. The largest absolute Gasteiger partial charge is 0.454 e. The standard InChI is InChI=1S/C77H145NO10/c1-4-7-10-13-16-19-22-25-27-29-31-33-35-36-37-39-41-43-45-47-50-53-56-59-62-65-72(82)88-75-74(84)73(83)71(66-79)87-77(75)86-67-68(69(80)63-60-57-54-51-48-24-21-18-15-12-9-6-3)78-76(85)70(81)64-61-58-55-52-49-46-44-42-40-38-34-32-30-28-26-23-20-17-14-11-8-5-2/h16,19,25,27,60,63,68-71,73-75,77,79-81,83-84H,4-15,17-18,20-24,26,28-59,61-62,64-67H2,1-3H3,(H,78,85)/b19-16-,27-25-,63-60+. The summed E-state index contributed by atoms with van der Waals surface area (Å²) in [4.78, 5) is 26.7. The van der Waals surface area contributed by atoms with Crippen LogP contribution in [0.25, 0.3) is 0 Å². The summed E-state index contributed by atoms with van der Waals surface area (Å²) in [5.74, 6) is -1.17. The highest BCUT2D eigenvalue weighted by Crippen LogP contribution is 2.27. The molecule has 0 saturated carbocycles. The smallest absolute Gasteiger partial charge is 0.306 e. The maximum Gasteiger partial charge on any atom is 0.306 e. The molecule has 1 saturated heterocycles. The van der Waals surface area contributed by atoms with Gasteiger partial charge in [-0.25, -0.2) is 0 Å². The average molecular weight is 1250 g/mol. The number of aliphatic hydroxyl groups is 5. The third-order valence-corrected chi connectivity index (χ3v) is 18.3. The predicted octanol–water partition coefficient (Wildman–Crippen LogP) is 20.1. The molecule has 0 spiro atoms. The number of carbonyl (C=O) groups excluding carboxylic acids is 2. The number of allylic oxidation sites excluding steroid dienone is 5. The molecule has 1 rings (SSSR count). The van der Waals surface area contributed by atoms with E-state index in [2.05, 4.69) is 50.4 Å². The van der Waals surface area contributed by atoms with Crippen LogP contribution in [0.5, 0.6) is 0 Å². The minimum atomic E-state index is -1.61. The highest BCUT2D eigenvalue weighted by Gasteiger charge is 2.47. The fraction of sp³-hybridized carbons (Fsp3) is 0.896. The van der Waals surface area contributed by atoms with Crippen molar-refractivity contribution < 1.29 is 49.3 Å². The first-order valence-electron chi connectivity index (χ1n) is 38.3. The second-order valence-electron chi connectivity index (χ2n) is 26.7. The first-order chi connectivity index (χ1) is 43.2. The van der Waals surface area contributed by atoms with Gasteiger partial charge in [0.05, 0.1) is 25.4 Å². The van der Waals surface area contributed by atoms with Crippen LogP contribution in [0, 0.1) is 0 Å². The molecule has 11 heteroatoms. The average Bonchev–Trinajstić information content (AvgIpc) is 2.54. The van der Waals surface area contributed by atoms with Crippen LogP contribution in [-0.4, -0.2) is 99.6 Å². The van der Waals surface area contributed by atoms with Crippen LogP contribution in [0.1, 0.15) is 380 Å². The van der Waals surface area contributed by atoms with Gasteiger partial charge in [0.2, 0.25) is 5.91 Å². The summed E-state index contributed by atoms with van der Waals surface area (Å²) in [6, 6.07) is -1.02. The molecule has 88 heavy (non-hydrogen) atoms. The Bertz CT molecular complexity index is 1570. The number of amides is 1. The molecular weight excluding hydrogens is 1100 g/mol. The molecule has 0 aromatic rings. The van der Waals surface area contributed by atoms with E-state index in [0.717, 1.165) is 64.2 Å². The summed E-state index contributed by atoms with van der Waals surface area (Å²) in [5, 5.41) is 57.4. The second-order valence-corrected chi connectivity index (χ2v) is 26.7. The zero-order chi connectivity index (χ0) is 63.9. The molecule has 11 nitrogen and oxygen atoms in total. The van der Waals surface area contributed by atoms with Gasteiger partial charge in [0.25, 0.3) is 0 Å². The molecule has 6 N–H and O–H groups in total. The Hall–Kier alpha value is -2.12. The summed E-state index contributed by atoms with van der Waals surface area (Å²) in [7, 11) is 0. The molecule has 0 aliphatic carbocycles. The molecule has 1 amide bonds. The van der Waals surface area contributed by atoms with E-state index >= 15 is 0 Å². The summed E-state index contributed by atoms with van der Waals surface area (Å²) in [6.07, 6.45) is 70.5. The molecule has 1 fully saturated rings. The van der Waals surface area contributed by atoms with Crippen LogP contribution < -0.4 is 5.32 Å². The van der Waals surface area contributed by atoms with Crippen molar-refractivity contribution in [3.05, 3.63) is 36.5 Å². The highest BCUT2D eigenvalue weighted by atomic mass is 16.7. The lowest BCUT2D eigenvalue weighted by atomic mass is 9.99. The van der Waals surface area contributed by atoms with Gasteiger partial charge in [0.1, 0.15) is 24.4 Å². The van der Waals surface area contributed by atoms with E-state index < -0.39 is 67.4 Å². The molecule has 8 unspecified atom stereocenters. The van der Waals surface area contributed by atoms with Crippen molar-refractivity contribution in [3.63, 3.8) is 0 Å². The number of carbonyl (C=O) groups is 2. The van der Waals surface area contributed by atoms with Crippen molar-refractivity contribution in [1.29, 1.82) is 0 Å². The van der Waals surface area contributed by atoms with Crippen LogP contribution in [0.3, 0.4) is 0 Å². The Morgan fingerprint density at radius 3 is 1.18 bits per heavy atom. The van der Waals surface area contributed by atoms with Crippen LogP contribution >= 0.6 is 0 Å². The topological polar surface area (TPSA) is 175 Å². The van der Waals surface area contributed by atoms with Crippen molar-refractivity contribution >= 4 is 11.9 Å². The molecule has 0 aromatic carbocycles. The monoisotopic (exact) mass is 1240 g/mol. The van der Waals surface area contributed by atoms with Crippen molar-refractivity contribution in [3.8, 4) is 0 Å². The zero-order valence-electron chi connectivity index (χ0n) is 57.9. The van der Waals surface area contributed by atoms with E-state index in [1.54, 1.807) is 6.08 Å². The SMILES string of the molecule is CCCCC/C=C\C/C=C\CCCCCCCCCCCCCCCCCC(=O)OC1C(OCC(NC(=O)C(O)CCCCCCCCCCCCCCCCCCCCCCCC)C(O)/C=C/CCCCCCCCCCCC)OC(CO)C(O)C1O. The first-order valence-corrected chi connectivity index (χ1v) is 38.3. The Labute approximate surface area is 543 Å². The van der Waals surface area contributed by atoms with Crippen LogP contribution in [0.4, 0.5) is 0 Å². The minimum absolute atomic E-state index is 0.127. The van der Waals surface area contributed by atoms with Gasteiger partial charge < -0.3 is 45.1 Å². The molecule has 0 radical (unpaired) electrons. The molecule has 0 aromatic heterocycles. The molecule has 1 aliphatic rings. The van der Waals surface area contributed by atoms with Gasteiger partial charge in [-0.15, -0.1) is 0 Å². The quantitative estimate of drug-likeness (QED) is 0.0195. The van der Waals surface area contributed by atoms with E-state index in [1.165, 1.54) is 270 Å². The summed E-state index contributed by atoms with van der Waals surface area (Å²) in [6.45, 7) is 5.84. The number of esters is 1. The normalized spacial score (nSPS) is 18.3. The molecule has 1 heterocycles. The fourth-order valence-corrected chi connectivity index (χ4v) is 12.3. The zero-order valence-corrected chi connectivity index (χ0v) is 57.9. The lowest BCUT2D eigenvalue weighted by Crippen LogP contribution is -2.61. The summed E-state index contributed by atoms with van der Waals surface area (Å²) in [5.41, 5.74) is 0. The van der Waals surface area contributed by atoms with Crippen molar-refractivity contribution in [1.82, 2.24) is 5.32 Å². The Kier molecular flexibility index (Phi) is 61.9. The van der Waals surface area contributed by atoms with Gasteiger partial charge in [-0.3, -0.25) is 9.59 Å². The van der Waals surface area contributed by atoms with Gasteiger partial charge in [0, 0.05) is 6.42 Å². The first kappa shape index (κ1) is 83.9. The van der Waals surface area contributed by atoms with E-state index in [4.69, 9.17) is 14.2 Å². The second kappa shape index (κ2) is 65.0. The van der Waals surface area contributed by atoms with Crippen LogP contribution in [0.2, 0.25) is 0 Å². The highest BCUT2D eigenvalue weighted by molar-refractivity contribution is 5.80. The van der Waals surface area contributed by atoms with Gasteiger partial charge in [-0.2, -0.15) is 0 Å². The minimum Gasteiger partial charge on any atom is -0.454 e. The maximum atomic E-state index is 13.5. The van der Waals surface area contributed by atoms with Gasteiger partial charge in [-0.1, -0.05) is 353 Å². The lowest BCUT2D eigenvalue weighted by molar-refractivity contribution is -0.305. The molecule has 8 atom stereocenters. The Morgan fingerprint density at radius 2 is 0.784 bits per heavy atom. The van der Waals surface area contributed by atoms with Gasteiger partial charge in [-0.05, 0) is 57.8 Å². The van der Waals surface area contributed by atoms with Crippen LogP contribution in [-0.2, 0) is 23.8 Å². The summed E-state index contributed by atoms with van der Waals surface area (Å²) < 4.78 is 17.7. The number of unbranched alkanes of at least 4 members (excludes halogenated alkanes) is 49. The Morgan fingerprint density at radius 1 is 0.443 bits per heavy atom. The number of nitrogens with one attached hydrogen (secondary N) is 1. The maximum absolute atomic E-state index is 13.5. The van der Waals surface area contributed by atoms with Crippen LogP contribution in [0.15, 0.2) is 36.5 Å². The van der Waals surface area contributed by atoms with E-state index in [-0.39, 0.29) is 13.0 Å². The molecular formula is C77H145NO10. The number of rotatable bonds is 67. The number of aliphatic hydroxyl groups excluding tert-OH is 5. The van der Waals surface area contributed by atoms with Gasteiger partial charge in [0.15, 0.2) is 12.4 Å². The third-order valence-electron chi connectivity index (χ3n) is 18.3. The molecule has 0 bridgehead atoms. The summed E-state index contributed by atoms with van der Waals surface area (Å²) >= 11 is 0. The van der Waals surface area contributed by atoms with Crippen molar-refractivity contribution in [2.24, 2.45) is 0 Å². The van der Waals surface area contributed by atoms with Crippen molar-refractivity contribution in [2.75, 3.05) is 13.2 Å². The lowest BCUT2D eigenvalue weighted by Gasteiger charge is -2.41. The number of hydrogen-bond donors (Lipinski definition) is 6. The Balaban J connectivity index is 2.51. The number of ether oxygens (including phenoxy) is 3. The predicted molar refractivity (Wildman–Crippen MR) is 371 cm³/mol. The van der Waals surface area contributed by atoms with Crippen molar-refractivity contribution in [2.45, 2.75) is 429 Å². The molecule has 1 aliphatic heterocycles. The van der Waals surface area contributed by atoms with Gasteiger partial charge >= 0.3 is 5.97 Å². The third kappa shape index (κ3) is 51.4.